The molecule has 0 spiro atoms. The second kappa shape index (κ2) is 4.39. The number of amidine groups is 2. The minimum absolute atomic E-state index is 0.124. The maximum absolute atomic E-state index is 11.5. The molecule has 2 aliphatic heterocycles. The highest BCUT2D eigenvalue weighted by Crippen LogP contribution is 2.23. The molecule has 0 aliphatic carbocycles. The van der Waals surface area contributed by atoms with Crippen LogP contribution < -0.4 is 5.32 Å². The molecule has 0 radical (unpaired) electrons. The van der Waals surface area contributed by atoms with Gasteiger partial charge in [-0.2, -0.15) is 0 Å². The molecule has 1 unspecified atom stereocenters. The molecule has 1 N–H and O–H groups in total. The summed E-state index contributed by atoms with van der Waals surface area (Å²) in [4.78, 5) is 4.66. The standard InChI is InChI=1S/C12H11ClN4O2S/c1-17-12-10(6-14-17)15-11(16-12)8-4-3-7(5-9(8)13)20(2,18)19/h3-6,10H,1-2H3/p+1. The average molecular weight is 312 g/mol. The minimum atomic E-state index is -3.27. The monoisotopic (exact) mass is 311 g/mol. The smallest absolute Gasteiger partial charge is 0.224 e. The molecular weight excluding hydrogens is 300 g/mol. The highest BCUT2D eigenvalue weighted by molar-refractivity contribution is 7.90. The Hall–Kier alpha value is -1.73. The third-order valence-corrected chi connectivity index (χ3v) is 4.57. The van der Waals surface area contributed by atoms with Crippen LogP contribution in [0.3, 0.4) is 0 Å². The summed E-state index contributed by atoms with van der Waals surface area (Å²) in [7, 11) is -1.44. The summed E-state index contributed by atoms with van der Waals surface area (Å²) in [5, 5.41) is 7.61. The summed E-state index contributed by atoms with van der Waals surface area (Å²) in [6.07, 6.45) is 2.88. The van der Waals surface area contributed by atoms with Gasteiger partial charge in [-0.3, -0.25) is 0 Å². The van der Waals surface area contributed by atoms with E-state index in [9.17, 15) is 8.42 Å². The van der Waals surface area contributed by atoms with Crippen LogP contribution in [0, 0.1) is 0 Å². The van der Waals surface area contributed by atoms with Crippen LogP contribution in [0.15, 0.2) is 33.2 Å². The number of benzene rings is 1. The fraction of sp³-hybridized carbons (Fsp3) is 0.250. The van der Waals surface area contributed by atoms with Gasteiger partial charge in [0, 0.05) is 6.26 Å². The second-order valence-electron chi connectivity index (χ2n) is 4.63. The maximum Gasteiger partial charge on any atom is 0.307 e. The maximum atomic E-state index is 11.5. The van der Waals surface area contributed by atoms with E-state index >= 15 is 0 Å². The first-order chi connectivity index (χ1) is 9.36. The molecule has 0 aromatic heterocycles. The number of fused-ring (bicyclic) bond motifs is 1. The van der Waals surface area contributed by atoms with Gasteiger partial charge >= 0.3 is 5.84 Å². The number of hydrogen-bond acceptors (Lipinski definition) is 5. The van der Waals surface area contributed by atoms with Crippen LogP contribution in [0.2, 0.25) is 5.02 Å². The van der Waals surface area contributed by atoms with E-state index < -0.39 is 9.84 Å². The lowest BCUT2D eigenvalue weighted by Gasteiger charge is -2.04. The van der Waals surface area contributed by atoms with Crippen LogP contribution in [0.25, 0.3) is 0 Å². The molecule has 1 aromatic carbocycles. The molecule has 20 heavy (non-hydrogen) atoms. The molecule has 2 heterocycles. The Bertz CT molecular complexity index is 796. The molecule has 0 saturated heterocycles. The molecule has 0 bridgehead atoms. The van der Waals surface area contributed by atoms with Crippen molar-refractivity contribution in [2.75, 3.05) is 13.3 Å². The lowest BCUT2D eigenvalue weighted by atomic mass is 10.2. The Labute approximate surface area is 121 Å². The van der Waals surface area contributed by atoms with Gasteiger partial charge < -0.3 is 0 Å². The molecule has 3 rings (SSSR count). The van der Waals surface area contributed by atoms with Crippen molar-refractivity contribution in [3.8, 4) is 0 Å². The van der Waals surface area contributed by atoms with Crippen molar-refractivity contribution in [2.45, 2.75) is 10.9 Å². The molecule has 2 aliphatic rings. The van der Waals surface area contributed by atoms with Crippen molar-refractivity contribution in [1.29, 1.82) is 0 Å². The van der Waals surface area contributed by atoms with Crippen LogP contribution in [0.4, 0.5) is 0 Å². The van der Waals surface area contributed by atoms with Crippen LogP contribution in [-0.2, 0) is 9.84 Å². The van der Waals surface area contributed by atoms with E-state index in [1.54, 1.807) is 17.0 Å². The first kappa shape index (κ1) is 13.3. The number of halogens is 1. The first-order valence-corrected chi connectivity index (χ1v) is 8.12. The number of hydrazone groups is 1. The van der Waals surface area contributed by atoms with Crippen molar-refractivity contribution >= 4 is 39.3 Å². The van der Waals surface area contributed by atoms with Crippen LogP contribution in [-0.4, -0.2) is 50.3 Å². The quantitative estimate of drug-likeness (QED) is 0.808. The van der Waals surface area contributed by atoms with E-state index in [2.05, 4.69) is 15.4 Å². The van der Waals surface area contributed by atoms with Gasteiger partial charge in [-0.15, -0.1) is 4.68 Å². The fourth-order valence-corrected chi connectivity index (χ4v) is 3.07. The summed E-state index contributed by atoms with van der Waals surface area (Å²) in [5.41, 5.74) is 0.669. The summed E-state index contributed by atoms with van der Waals surface area (Å²) >= 11 is 6.17. The zero-order chi connectivity index (χ0) is 14.5. The molecule has 8 heteroatoms. The summed E-state index contributed by atoms with van der Waals surface area (Å²) in [5.74, 6) is 1.48. The van der Waals surface area contributed by atoms with Gasteiger partial charge in [-0.05, 0) is 18.2 Å². The van der Waals surface area contributed by atoms with E-state index in [4.69, 9.17) is 11.6 Å². The van der Waals surface area contributed by atoms with Crippen molar-refractivity contribution < 1.29 is 13.1 Å². The second-order valence-corrected chi connectivity index (χ2v) is 7.06. The molecule has 6 nitrogen and oxygen atoms in total. The van der Waals surface area contributed by atoms with Crippen LogP contribution in [0.1, 0.15) is 5.56 Å². The van der Waals surface area contributed by atoms with Crippen molar-refractivity contribution in [3.05, 3.63) is 28.8 Å². The number of sulfone groups is 1. The first-order valence-electron chi connectivity index (χ1n) is 5.86. The predicted octanol–water partition coefficient (Wildman–Crippen LogP) is 0.502. The highest BCUT2D eigenvalue weighted by atomic mass is 35.5. The Morgan fingerprint density at radius 2 is 2.15 bits per heavy atom. The van der Waals surface area contributed by atoms with Gasteiger partial charge in [0.25, 0.3) is 0 Å². The SMILES string of the molecule is C[N+]1=C2NC(c3ccc(S(C)(=O)=O)cc3Cl)=NC2C=N1. The van der Waals surface area contributed by atoms with E-state index in [0.717, 1.165) is 12.1 Å². The fourth-order valence-electron chi connectivity index (χ4n) is 2.08. The van der Waals surface area contributed by atoms with E-state index in [1.165, 1.54) is 12.1 Å². The van der Waals surface area contributed by atoms with Gasteiger partial charge in [-0.1, -0.05) is 16.7 Å². The number of aliphatic imine (C=N–C) groups is 1. The van der Waals surface area contributed by atoms with Crippen molar-refractivity contribution in [1.82, 2.24) is 5.32 Å². The lowest BCUT2D eigenvalue weighted by Crippen LogP contribution is -2.33. The highest BCUT2D eigenvalue weighted by Gasteiger charge is 2.36. The Kier molecular flexibility index (Phi) is 2.91. The van der Waals surface area contributed by atoms with Gasteiger partial charge in [-0.25, -0.2) is 18.7 Å². The zero-order valence-corrected chi connectivity index (χ0v) is 12.4. The number of rotatable bonds is 2. The van der Waals surface area contributed by atoms with Gasteiger partial charge in [0.05, 0.1) is 21.7 Å². The summed E-state index contributed by atoms with van der Waals surface area (Å²) in [6.45, 7) is 0. The summed E-state index contributed by atoms with van der Waals surface area (Å²) in [6, 6.07) is 4.49. The van der Waals surface area contributed by atoms with Gasteiger partial charge in [0.1, 0.15) is 7.05 Å². The largest absolute Gasteiger partial charge is 0.307 e. The van der Waals surface area contributed by atoms with Crippen molar-refractivity contribution in [2.24, 2.45) is 10.1 Å². The predicted molar refractivity (Wildman–Crippen MR) is 77.7 cm³/mol. The van der Waals surface area contributed by atoms with Gasteiger partial charge in [0.2, 0.25) is 5.84 Å². The van der Waals surface area contributed by atoms with Crippen LogP contribution in [0.5, 0.6) is 0 Å². The van der Waals surface area contributed by atoms with Crippen LogP contribution >= 0.6 is 11.6 Å². The molecule has 1 aromatic rings. The third-order valence-electron chi connectivity index (χ3n) is 3.15. The molecular formula is C12H12ClN4O2S+. The lowest BCUT2D eigenvalue weighted by molar-refractivity contribution is -0.500. The topological polar surface area (TPSA) is 73.9 Å². The number of nitrogens with one attached hydrogen (secondary N) is 1. The van der Waals surface area contributed by atoms with Crippen molar-refractivity contribution in [3.63, 3.8) is 0 Å². The van der Waals surface area contributed by atoms with E-state index in [-0.39, 0.29) is 10.9 Å². The molecule has 0 fully saturated rings. The molecule has 104 valence electrons. The van der Waals surface area contributed by atoms with Gasteiger partial charge in [0.15, 0.2) is 15.9 Å². The molecule has 0 saturated carbocycles. The zero-order valence-electron chi connectivity index (χ0n) is 10.8. The normalized spacial score (nSPS) is 20.9. The summed E-state index contributed by atoms with van der Waals surface area (Å²) < 4.78 is 24.7. The third kappa shape index (κ3) is 2.12. The Morgan fingerprint density at radius 3 is 2.75 bits per heavy atom. The number of hydrogen-bond donors (Lipinski definition) is 1. The Balaban J connectivity index is 2.00. The Morgan fingerprint density at radius 1 is 1.40 bits per heavy atom. The average Bonchev–Trinajstić information content (AvgIpc) is 2.91. The molecule has 0 amide bonds. The van der Waals surface area contributed by atoms with E-state index in [0.29, 0.717) is 16.4 Å². The molecule has 1 atom stereocenters. The minimum Gasteiger partial charge on any atom is -0.224 e. The van der Waals surface area contributed by atoms with E-state index in [1.807, 2.05) is 7.05 Å². The number of nitrogens with zero attached hydrogens (tertiary/aromatic N) is 3.